The average molecular weight is 219 g/mol. The number of benzene rings is 1. The lowest BCUT2D eigenvalue weighted by Crippen LogP contribution is -2.06. The molecule has 1 heterocycles. The molecule has 84 valence electrons. The van der Waals surface area contributed by atoms with Crippen LogP contribution in [0.5, 0.6) is 0 Å². The van der Waals surface area contributed by atoms with E-state index < -0.39 is 0 Å². The first-order valence-electron chi connectivity index (χ1n) is 5.19. The Balaban J connectivity index is 2.33. The minimum atomic E-state index is -0.213. The number of aromatic nitrogens is 3. The topological polar surface area (TPSA) is 30.7 Å². The minimum Gasteiger partial charge on any atom is -0.246 e. The number of rotatable bonds is 2. The van der Waals surface area contributed by atoms with E-state index in [2.05, 4.69) is 10.1 Å². The van der Waals surface area contributed by atoms with Gasteiger partial charge < -0.3 is 0 Å². The molecule has 16 heavy (non-hydrogen) atoms. The lowest BCUT2D eigenvalue weighted by Gasteiger charge is -2.06. The van der Waals surface area contributed by atoms with E-state index >= 15 is 0 Å². The molecule has 0 unspecified atom stereocenters. The van der Waals surface area contributed by atoms with Gasteiger partial charge >= 0.3 is 0 Å². The maximum absolute atomic E-state index is 13.1. The molecule has 0 aliphatic carbocycles. The van der Waals surface area contributed by atoms with Crippen molar-refractivity contribution in [3.8, 4) is 0 Å². The van der Waals surface area contributed by atoms with E-state index in [0.29, 0.717) is 6.54 Å². The fourth-order valence-corrected chi connectivity index (χ4v) is 1.68. The second-order valence-corrected chi connectivity index (χ2v) is 3.93. The zero-order valence-corrected chi connectivity index (χ0v) is 9.66. The van der Waals surface area contributed by atoms with Gasteiger partial charge in [-0.25, -0.2) is 14.1 Å². The first-order chi connectivity index (χ1) is 7.56. The molecule has 1 aromatic heterocycles. The van der Waals surface area contributed by atoms with Gasteiger partial charge in [-0.2, -0.15) is 5.10 Å². The highest BCUT2D eigenvalue weighted by Gasteiger charge is 2.06. The van der Waals surface area contributed by atoms with Crippen molar-refractivity contribution < 1.29 is 4.39 Å². The van der Waals surface area contributed by atoms with Gasteiger partial charge in [-0.1, -0.05) is 6.07 Å². The first kappa shape index (κ1) is 10.8. The van der Waals surface area contributed by atoms with Crippen LogP contribution in [0.4, 0.5) is 4.39 Å². The highest BCUT2D eigenvalue weighted by atomic mass is 19.1. The van der Waals surface area contributed by atoms with Crippen molar-refractivity contribution in [2.75, 3.05) is 0 Å². The van der Waals surface area contributed by atoms with Gasteiger partial charge in [0, 0.05) is 0 Å². The van der Waals surface area contributed by atoms with Crippen molar-refractivity contribution in [2.24, 2.45) is 0 Å². The lowest BCUT2D eigenvalue weighted by atomic mass is 10.1. The van der Waals surface area contributed by atoms with Crippen molar-refractivity contribution in [1.82, 2.24) is 14.8 Å². The van der Waals surface area contributed by atoms with Gasteiger partial charge in [0.1, 0.15) is 17.5 Å². The predicted molar refractivity (Wildman–Crippen MR) is 59.7 cm³/mol. The van der Waals surface area contributed by atoms with Crippen LogP contribution < -0.4 is 0 Å². The molecule has 0 amide bonds. The Bertz CT molecular complexity index is 517. The van der Waals surface area contributed by atoms with Gasteiger partial charge in [0.05, 0.1) is 6.54 Å². The number of halogens is 1. The van der Waals surface area contributed by atoms with Crippen LogP contribution in [0.15, 0.2) is 18.2 Å². The smallest absolute Gasteiger partial charge is 0.147 e. The van der Waals surface area contributed by atoms with Crippen LogP contribution in [0, 0.1) is 26.6 Å². The molecule has 1 aromatic carbocycles. The second-order valence-electron chi connectivity index (χ2n) is 3.93. The van der Waals surface area contributed by atoms with Gasteiger partial charge in [-0.05, 0) is 44.0 Å². The molecular weight excluding hydrogens is 205 g/mol. The van der Waals surface area contributed by atoms with Crippen LogP contribution in [0.3, 0.4) is 0 Å². The third-order valence-corrected chi connectivity index (χ3v) is 2.59. The molecule has 2 rings (SSSR count). The Morgan fingerprint density at radius 3 is 2.62 bits per heavy atom. The van der Waals surface area contributed by atoms with Crippen molar-refractivity contribution in [1.29, 1.82) is 0 Å². The zero-order chi connectivity index (χ0) is 11.7. The van der Waals surface area contributed by atoms with Gasteiger partial charge in [-0.3, -0.25) is 0 Å². The summed E-state index contributed by atoms with van der Waals surface area (Å²) in [6.45, 7) is 6.28. The van der Waals surface area contributed by atoms with Crippen LogP contribution in [0.25, 0.3) is 0 Å². The molecule has 0 saturated carbocycles. The molecular formula is C12H14FN3. The fourth-order valence-electron chi connectivity index (χ4n) is 1.68. The van der Waals surface area contributed by atoms with Crippen molar-refractivity contribution in [3.05, 3.63) is 46.8 Å². The van der Waals surface area contributed by atoms with Crippen LogP contribution in [-0.4, -0.2) is 14.8 Å². The Kier molecular flexibility index (Phi) is 2.73. The van der Waals surface area contributed by atoms with Gasteiger partial charge in [0.15, 0.2) is 0 Å². The molecule has 0 atom stereocenters. The Labute approximate surface area is 93.9 Å². The lowest BCUT2D eigenvalue weighted by molar-refractivity contribution is 0.613. The van der Waals surface area contributed by atoms with Crippen LogP contribution in [0.1, 0.15) is 22.8 Å². The van der Waals surface area contributed by atoms with Crippen molar-refractivity contribution >= 4 is 0 Å². The molecule has 0 bridgehead atoms. The molecule has 0 aliphatic heterocycles. The molecule has 2 aromatic rings. The molecule has 0 N–H and O–H groups in total. The number of aryl methyl sites for hydroxylation is 3. The molecule has 0 spiro atoms. The molecule has 0 aliphatic rings. The standard InChI is InChI=1S/C12H14FN3/c1-8-4-5-12(13)6-11(8)7-16-10(3)14-9(2)15-16/h4-6H,7H2,1-3H3. The third kappa shape index (κ3) is 2.10. The summed E-state index contributed by atoms with van der Waals surface area (Å²) in [4.78, 5) is 4.22. The number of hydrogen-bond donors (Lipinski definition) is 0. The summed E-state index contributed by atoms with van der Waals surface area (Å²) < 4.78 is 14.9. The van der Waals surface area contributed by atoms with Gasteiger partial charge in [0.25, 0.3) is 0 Å². The summed E-state index contributed by atoms with van der Waals surface area (Å²) >= 11 is 0. The highest BCUT2D eigenvalue weighted by Crippen LogP contribution is 2.12. The quantitative estimate of drug-likeness (QED) is 0.776. The summed E-state index contributed by atoms with van der Waals surface area (Å²) in [6, 6.07) is 4.80. The Morgan fingerprint density at radius 1 is 1.25 bits per heavy atom. The fraction of sp³-hybridized carbons (Fsp3) is 0.333. The molecule has 4 heteroatoms. The maximum Gasteiger partial charge on any atom is 0.147 e. The largest absolute Gasteiger partial charge is 0.246 e. The van der Waals surface area contributed by atoms with Gasteiger partial charge in [-0.15, -0.1) is 0 Å². The second kappa shape index (κ2) is 4.04. The van der Waals surface area contributed by atoms with E-state index in [-0.39, 0.29) is 5.82 Å². The Hall–Kier alpha value is -1.71. The van der Waals surface area contributed by atoms with E-state index in [4.69, 9.17) is 0 Å². The SMILES string of the molecule is Cc1nc(C)n(Cc2cc(F)ccc2C)n1. The summed E-state index contributed by atoms with van der Waals surface area (Å²) in [5, 5.41) is 4.26. The van der Waals surface area contributed by atoms with Gasteiger partial charge in [0.2, 0.25) is 0 Å². The summed E-state index contributed by atoms with van der Waals surface area (Å²) in [5.74, 6) is 1.38. The minimum absolute atomic E-state index is 0.213. The highest BCUT2D eigenvalue weighted by molar-refractivity contribution is 5.26. The zero-order valence-electron chi connectivity index (χ0n) is 9.66. The van der Waals surface area contributed by atoms with Crippen molar-refractivity contribution in [2.45, 2.75) is 27.3 Å². The average Bonchev–Trinajstić information content (AvgIpc) is 2.51. The molecule has 0 saturated heterocycles. The van der Waals surface area contributed by atoms with Crippen molar-refractivity contribution in [3.63, 3.8) is 0 Å². The predicted octanol–water partition coefficient (Wildman–Crippen LogP) is 2.39. The normalized spacial score (nSPS) is 10.8. The third-order valence-electron chi connectivity index (χ3n) is 2.59. The van der Waals surface area contributed by atoms with E-state index in [1.54, 1.807) is 16.8 Å². The first-order valence-corrected chi connectivity index (χ1v) is 5.19. The number of hydrogen-bond acceptors (Lipinski definition) is 2. The van der Waals surface area contributed by atoms with Crippen LogP contribution >= 0.6 is 0 Å². The summed E-state index contributed by atoms with van der Waals surface area (Å²) in [6.07, 6.45) is 0. The maximum atomic E-state index is 13.1. The van der Waals surface area contributed by atoms with E-state index in [9.17, 15) is 4.39 Å². The molecule has 3 nitrogen and oxygen atoms in total. The number of nitrogens with zero attached hydrogens (tertiary/aromatic N) is 3. The molecule has 0 fully saturated rings. The van der Waals surface area contributed by atoms with Crippen LogP contribution in [-0.2, 0) is 6.54 Å². The summed E-state index contributed by atoms with van der Waals surface area (Å²) in [7, 11) is 0. The Morgan fingerprint density at radius 2 is 2.00 bits per heavy atom. The van der Waals surface area contributed by atoms with E-state index in [1.807, 2.05) is 20.8 Å². The van der Waals surface area contributed by atoms with E-state index in [1.165, 1.54) is 6.07 Å². The van der Waals surface area contributed by atoms with Crippen LogP contribution in [0.2, 0.25) is 0 Å². The summed E-state index contributed by atoms with van der Waals surface area (Å²) in [5.41, 5.74) is 2.00. The molecule has 0 radical (unpaired) electrons. The monoisotopic (exact) mass is 219 g/mol. The van der Waals surface area contributed by atoms with E-state index in [0.717, 1.165) is 22.8 Å².